The van der Waals surface area contributed by atoms with Crippen LogP contribution in [-0.2, 0) is 4.79 Å². The molecule has 168 valence electrons. The van der Waals surface area contributed by atoms with E-state index in [0.717, 1.165) is 10.2 Å². The van der Waals surface area contributed by atoms with Crippen molar-refractivity contribution in [1.82, 2.24) is 10.3 Å². The van der Waals surface area contributed by atoms with E-state index in [4.69, 9.17) is 40.2 Å². The Morgan fingerprint density at radius 2 is 1.94 bits per heavy atom. The Bertz CT molecular complexity index is 1330. The molecule has 0 fully saturated rings. The van der Waals surface area contributed by atoms with Gasteiger partial charge in [-0.1, -0.05) is 35.3 Å². The number of amides is 1. The molecule has 4 rings (SSSR count). The number of fused-ring (bicyclic) bond motifs is 1. The fourth-order valence-corrected chi connectivity index (χ4v) is 4.63. The van der Waals surface area contributed by atoms with E-state index < -0.39 is 12.0 Å². The van der Waals surface area contributed by atoms with Gasteiger partial charge in [0.2, 0.25) is 0 Å². The summed E-state index contributed by atoms with van der Waals surface area (Å²) in [5.41, 5.74) is 2.00. The van der Waals surface area contributed by atoms with Gasteiger partial charge in [-0.2, -0.15) is 0 Å². The number of halogens is 2. The van der Waals surface area contributed by atoms with E-state index in [2.05, 4.69) is 15.6 Å². The highest BCUT2D eigenvalue weighted by molar-refractivity contribution is 7.80. The van der Waals surface area contributed by atoms with Crippen molar-refractivity contribution in [2.75, 3.05) is 5.32 Å². The molecule has 1 aromatic heterocycles. The van der Waals surface area contributed by atoms with E-state index in [1.54, 1.807) is 37.3 Å². The Labute approximate surface area is 209 Å². The molecule has 0 saturated carbocycles. The standard InChI is InChI=1S/C23H17Cl2N3O3S2/c1-12(31-19-9-6-13(24)10-16(19)25)21(30)28-23(32)26-14-7-8-18(29)15(11-14)22-27-17-4-2-3-5-20(17)33-22/h2-12,29H,1H3,(H2,26,28,30,32). The number of carbonyl (C=O) groups excluding carboxylic acids is 1. The highest BCUT2D eigenvalue weighted by Gasteiger charge is 2.18. The van der Waals surface area contributed by atoms with Gasteiger partial charge in [0.25, 0.3) is 5.91 Å². The van der Waals surface area contributed by atoms with Gasteiger partial charge < -0.3 is 15.2 Å². The van der Waals surface area contributed by atoms with Crippen molar-refractivity contribution >= 4 is 73.7 Å². The normalized spacial score (nSPS) is 11.7. The van der Waals surface area contributed by atoms with E-state index in [9.17, 15) is 9.90 Å². The van der Waals surface area contributed by atoms with Gasteiger partial charge in [-0.25, -0.2) is 4.98 Å². The zero-order valence-corrected chi connectivity index (χ0v) is 20.3. The van der Waals surface area contributed by atoms with Crippen molar-refractivity contribution in [1.29, 1.82) is 0 Å². The van der Waals surface area contributed by atoms with Crippen molar-refractivity contribution in [3.8, 4) is 22.1 Å². The van der Waals surface area contributed by atoms with Crippen LogP contribution in [0.15, 0.2) is 60.7 Å². The van der Waals surface area contributed by atoms with Crippen molar-refractivity contribution in [3.05, 3.63) is 70.7 Å². The Balaban J connectivity index is 1.42. The van der Waals surface area contributed by atoms with Crippen molar-refractivity contribution in [2.45, 2.75) is 13.0 Å². The molecule has 0 saturated heterocycles. The molecule has 6 nitrogen and oxygen atoms in total. The lowest BCUT2D eigenvalue weighted by atomic mass is 10.2. The van der Waals surface area contributed by atoms with Crippen LogP contribution in [0.25, 0.3) is 20.8 Å². The molecule has 3 N–H and O–H groups in total. The minimum atomic E-state index is -0.860. The second-order valence-corrected chi connectivity index (χ2v) is 9.28. The van der Waals surface area contributed by atoms with Gasteiger partial charge >= 0.3 is 0 Å². The maximum Gasteiger partial charge on any atom is 0.266 e. The van der Waals surface area contributed by atoms with E-state index >= 15 is 0 Å². The first-order chi connectivity index (χ1) is 15.8. The van der Waals surface area contributed by atoms with Gasteiger partial charge in [0.1, 0.15) is 16.5 Å². The van der Waals surface area contributed by atoms with Gasteiger partial charge in [-0.05, 0) is 67.7 Å². The third kappa shape index (κ3) is 5.54. The second-order valence-electron chi connectivity index (χ2n) is 7.00. The fraction of sp³-hybridized carbons (Fsp3) is 0.0870. The lowest BCUT2D eigenvalue weighted by Gasteiger charge is -2.17. The summed E-state index contributed by atoms with van der Waals surface area (Å²) >= 11 is 18.7. The van der Waals surface area contributed by atoms with Crippen molar-refractivity contribution in [3.63, 3.8) is 0 Å². The minimum absolute atomic E-state index is 0.0820. The lowest BCUT2D eigenvalue weighted by Crippen LogP contribution is -2.42. The largest absolute Gasteiger partial charge is 0.507 e. The molecule has 0 radical (unpaired) electrons. The highest BCUT2D eigenvalue weighted by Crippen LogP contribution is 2.36. The first-order valence-corrected chi connectivity index (χ1v) is 11.7. The van der Waals surface area contributed by atoms with Crippen molar-refractivity contribution in [2.24, 2.45) is 0 Å². The molecule has 1 atom stereocenters. The number of phenolic OH excluding ortho intramolecular Hbond substituents is 1. The number of thiazole rings is 1. The summed E-state index contributed by atoms with van der Waals surface area (Å²) in [6.07, 6.45) is -0.860. The molecule has 0 spiro atoms. The molecule has 4 aromatic rings. The molecular weight excluding hydrogens is 501 g/mol. The second kappa shape index (κ2) is 9.93. The summed E-state index contributed by atoms with van der Waals surface area (Å²) in [6.45, 7) is 1.58. The summed E-state index contributed by atoms with van der Waals surface area (Å²) < 4.78 is 6.62. The molecule has 0 bridgehead atoms. The number of thiocarbonyl (C=S) groups is 1. The lowest BCUT2D eigenvalue weighted by molar-refractivity contribution is -0.125. The number of para-hydroxylation sites is 1. The van der Waals surface area contributed by atoms with Gasteiger partial charge in [0.05, 0.1) is 20.8 Å². The molecule has 1 unspecified atom stereocenters. The van der Waals surface area contributed by atoms with Crippen LogP contribution in [0.4, 0.5) is 5.69 Å². The third-order valence-corrected chi connectivity index (χ3v) is 6.39. The first-order valence-electron chi connectivity index (χ1n) is 9.72. The molecule has 3 aromatic carbocycles. The third-order valence-electron chi connectivity index (χ3n) is 4.58. The summed E-state index contributed by atoms with van der Waals surface area (Å²) in [5.74, 6) is -0.0262. The number of hydrogen-bond donors (Lipinski definition) is 3. The first kappa shape index (κ1) is 23.3. The van der Waals surface area contributed by atoms with E-state index in [1.807, 2.05) is 24.3 Å². The van der Waals surface area contributed by atoms with Crippen LogP contribution in [0.3, 0.4) is 0 Å². The van der Waals surface area contributed by atoms with Crippen LogP contribution in [0, 0.1) is 0 Å². The Morgan fingerprint density at radius 1 is 1.15 bits per heavy atom. The molecule has 0 aliphatic heterocycles. The number of hydrogen-bond acceptors (Lipinski definition) is 6. The molecule has 33 heavy (non-hydrogen) atoms. The summed E-state index contributed by atoms with van der Waals surface area (Å²) in [5, 5.41) is 17.4. The average molecular weight is 518 g/mol. The Kier molecular flexibility index (Phi) is 6.99. The van der Waals surface area contributed by atoms with Crippen molar-refractivity contribution < 1.29 is 14.6 Å². The predicted molar refractivity (Wildman–Crippen MR) is 138 cm³/mol. The maximum atomic E-state index is 12.5. The van der Waals surface area contributed by atoms with Gasteiger partial charge in [0, 0.05) is 10.7 Å². The Hall–Kier alpha value is -2.91. The van der Waals surface area contributed by atoms with Crippen LogP contribution in [0.5, 0.6) is 11.5 Å². The SMILES string of the molecule is CC(Oc1ccc(Cl)cc1Cl)C(=O)NC(=S)Nc1ccc(O)c(-c2nc3ccccc3s2)c1. The number of phenols is 1. The van der Waals surface area contributed by atoms with E-state index in [-0.39, 0.29) is 10.9 Å². The number of ether oxygens (including phenoxy) is 1. The molecule has 0 aliphatic carbocycles. The van der Waals surface area contributed by atoms with Gasteiger partial charge in [0.15, 0.2) is 11.2 Å². The number of aromatic nitrogens is 1. The quantitative estimate of drug-likeness (QED) is 0.214. The predicted octanol–water partition coefficient (Wildman–Crippen LogP) is 6.26. The monoisotopic (exact) mass is 517 g/mol. The zero-order valence-electron chi connectivity index (χ0n) is 17.1. The number of anilines is 1. The number of benzene rings is 3. The van der Waals surface area contributed by atoms with Crippen LogP contribution in [-0.4, -0.2) is 27.2 Å². The molecule has 1 amide bonds. The molecular formula is C23H17Cl2N3O3S2. The summed E-state index contributed by atoms with van der Waals surface area (Å²) in [6, 6.07) is 17.4. The van der Waals surface area contributed by atoms with Crippen LogP contribution < -0.4 is 15.4 Å². The van der Waals surface area contributed by atoms with Crippen LogP contribution in [0.2, 0.25) is 10.0 Å². The van der Waals surface area contributed by atoms with Gasteiger partial charge in [-0.15, -0.1) is 11.3 Å². The zero-order chi connectivity index (χ0) is 23.5. The fourth-order valence-electron chi connectivity index (χ4n) is 2.96. The van der Waals surface area contributed by atoms with E-state index in [0.29, 0.717) is 32.1 Å². The number of carbonyl (C=O) groups is 1. The molecule has 0 aliphatic rings. The summed E-state index contributed by atoms with van der Waals surface area (Å²) in [7, 11) is 0. The molecule has 10 heteroatoms. The number of aromatic hydroxyl groups is 1. The smallest absolute Gasteiger partial charge is 0.266 e. The van der Waals surface area contributed by atoms with Crippen LogP contribution in [0.1, 0.15) is 6.92 Å². The average Bonchev–Trinajstić information content (AvgIpc) is 3.21. The summed E-state index contributed by atoms with van der Waals surface area (Å²) in [4.78, 5) is 17.1. The van der Waals surface area contributed by atoms with Crippen LogP contribution >= 0.6 is 46.8 Å². The number of rotatable bonds is 5. The van der Waals surface area contributed by atoms with E-state index in [1.165, 1.54) is 17.4 Å². The highest BCUT2D eigenvalue weighted by atomic mass is 35.5. The molecule has 1 heterocycles. The topological polar surface area (TPSA) is 83.5 Å². The Morgan fingerprint density at radius 3 is 2.70 bits per heavy atom. The number of nitrogens with zero attached hydrogens (tertiary/aromatic N) is 1. The number of nitrogens with one attached hydrogen (secondary N) is 2. The maximum absolute atomic E-state index is 12.5. The van der Waals surface area contributed by atoms with Gasteiger partial charge in [-0.3, -0.25) is 10.1 Å². The minimum Gasteiger partial charge on any atom is -0.507 e.